The number of hydrogen-bond acceptors (Lipinski definition) is 5. The highest BCUT2D eigenvalue weighted by Gasteiger charge is 2.21. The van der Waals surface area contributed by atoms with Gasteiger partial charge in [0.05, 0.1) is 28.5 Å². The number of hydrogen-bond donors (Lipinski definition) is 1. The summed E-state index contributed by atoms with van der Waals surface area (Å²) in [5.74, 6) is 0.562. The Morgan fingerprint density at radius 3 is 2.55 bits per heavy atom. The summed E-state index contributed by atoms with van der Waals surface area (Å²) >= 11 is 1.64. The van der Waals surface area contributed by atoms with Crippen molar-refractivity contribution in [1.29, 1.82) is 0 Å². The molecule has 0 aliphatic carbocycles. The molecule has 1 N–H and O–H groups in total. The molecule has 0 spiro atoms. The molecule has 0 amide bonds. The third-order valence-corrected chi connectivity index (χ3v) is 8.27. The van der Waals surface area contributed by atoms with E-state index >= 15 is 0 Å². The van der Waals surface area contributed by atoms with Crippen LogP contribution >= 0.6 is 11.3 Å². The zero-order chi connectivity index (χ0) is 23.6. The lowest BCUT2D eigenvalue weighted by Gasteiger charge is -2.18. The molecule has 9 heteroatoms. The molecule has 1 atom stereocenters. The number of imidazole rings is 1. The van der Waals surface area contributed by atoms with Crippen molar-refractivity contribution in [3.8, 4) is 0 Å². The third-order valence-electron chi connectivity index (χ3n) is 5.52. The van der Waals surface area contributed by atoms with Crippen molar-refractivity contribution >= 4 is 32.4 Å². The van der Waals surface area contributed by atoms with Gasteiger partial charge in [-0.1, -0.05) is 25.1 Å². The smallest absolute Gasteiger partial charge is 0.242 e. The van der Waals surface area contributed by atoms with Crippen LogP contribution in [-0.4, -0.2) is 36.4 Å². The van der Waals surface area contributed by atoms with Crippen LogP contribution in [-0.2, 0) is 23.1 Å². The lowest BCUT2D eigenvalue weighted by atomic mass is 10.1. The van der Waals surface area contributed by atoms with E-state index in [-0.39, 0.29) is 16.8 Å². The molecule has 33 heavy (non-hydrogen) atoms. The van der Waals surface area contributed by atoms with E-state index in [4.69, 9.17) is 4.98 Å². The van der Waals surface area contributed by atoms with Gasteiger partial charge in [-0.15, -0.1) is 11.3 Å². The number of halogens is 1. The standard InChI is InChI=1S/C24H27FN4O2S2/c1-4-13-29-21-12-11-19(33(30,31)28(2)3)15-20(21)27-23(29)16-26-24(22-6-5-14-32-22)17-7-9-18(25)10-8-17/h5-12,14-15,24,26H,4,13,16H2,1-3H3. The zero-order valence-electron chi connectivity index (χ0n) is 18.8. The van der Waals surface area contributed by atoms with E-state index in [1.54, 1.807) is 35.6 Å². The second-order valence-corrected chi connectivity index (χ2v) is 11.1. The number of nitrogens with one attached hydrogen (secondary N) is 1. The van der Waals surface area contributed by atoms with Gasteiger partial charge in [0.1, 0.15) is 11.6 Å². The van der Waals surface area contributed by atoms with E-state index in [9.17, 15) is 12.8 Å². The Labute approximate surface area is 197 Å². The Morgan fingerprint density at radius 2 is 1.91 bits per heavy atom. The average Bonchev–Trinajstić information content (AvgIpc) is 3.43. The van der Waals surface area contributed by atoms with Crippen molar-refractivity contribution in [2.24, 2.45) is 0 Å². The molecule has 0 aliphatic rings. The largest absolute Gasteiger partial charge is 0.327 e. The topological polar surface area (TPSA) is 67.2 Å². The fraction of sp³-hybridized carbons (Fsp3) is 0.292. The maximum Gasteiger partial charge on any atom is 0.242 e. The van der Waals surface area contributed by atoms with Crippen molar-refractivity contribution < 1.29 is 12.8 Å². The van der Waals surface area contributed by atoms with Crippen LogP contribution in [0.5, 0.6) is 0 Å². The Balaban J connectivity index is 1.69. The molecule has 6 nitrogen and oxygen atoms in total. The van der Waals surface area contributed by atoms with E-state index in [1.807, 2.05) is 17.5 Å². The first kappa shape index (κ1) is 23.6. The number of fused-ring (bicyclic) bond motifs is 1. The molecule has 1 unspecified atom stereocenters. The quantitative estimate of drug-likeness (QED) is 0.370. The number of nitrogens with zero attached hydrogens (tertiary/aromatic N) is 3. The van der Waals surface area contributed by atoms with Gasteiger partial charge in [0, 0.05) is 25.5 Å². The Hall–Kier alpha value is -2.59. The SMILES string of the molecule is CCCn1c(CNC(c2ccc(F)cc2)c2cccs2)nc2cc(S(=O)(=O)N(C)C)ccc21. The molecule has 2 aromatic heterocycles. The minimum Gasteiger partial charge on any atom is -0.327 e. The van der Waals surface area contributed by atoms with Crippen LogP contribution in [0.4, 0.5) is 4.39 Å². The molecular formula is C24H27FN4O2S2. The summed E-state index contributed by atoms with van der Waals surface area (Å²) in [7, 11) is -0.503. The highest BCUT2D eigenvalue weighted by molar-refractivity contribution is 7.89. The fourth-order valence-corrected chi connectivity index (χ4v) is 5.57. The summed E-state index contributed by atoms with van der Waals surface area (Å²) in [6.07, 6.45) is 0.919. The van der Waals surface area contributed by atoms with Gasteiger partial charge in [0.2, 0.25) is 10.0 Å². The van der Waals surface area contributed by atoms with Gasteiger partial charge in [0.15, 0.2) is 0 Å². The summed E-state index contributed by atoms with van der Waals surface area (Å²) in [6.45, 7) is 3.35. The Bertz CT molecular complexity index is 1330. The van der Waals surface area contributed by atoms with Crippen LogP contribution < -0.4 is 5.32 Å². The highest BCUT2D eigenvalue weighted by atomic mass is 32.2. The van der Waals surface area contributed by atoms with Gasteiger partial charge in [-0.3, -0.25) is 5.32 Å². The van der Waals surface area contributed by atoms with Crippen molar-refractivity contribution in [3.63, 3.8) is 0 Å². The molecule has 2 heterocycles. The summed E-state index contributed by atoms with van der Waals surface area (Å²) in [5.41, 5.74) is 2.52. The summed E-state index contributed by atoms with van der Waals surface area (Å²) < 4.78 is 42.0. The van der Waals surface area contributed by atoms with Crippen molar-refractivity contribution in [2.75, 3.05) is 14.1 Å². The van der Waals surface area contributed by atoms with Gasteiger partial charge in [-0.05, 0) is 53.8 Å². The predicted octanol–water partition coefficient (Wildman–Crippen LogP) is 4.78. The first-order valence-corrected chi connectivity index (χ1v) is 13.1. The van der Waals surface area contributed by atoms with Crippen LogP contribution in [0, 0.1) is 5.82 Å². The summed E-state index contributed by atoms with van der Waals surface area (Å²) in [5, 5.41) is 5.60. The monoisotopic (exact) mass is 486 g/mol. The first-order chi connectivity index (χ1) is 15.8. The van der Waals surface area contributed by atoms with Gasteiger partial charge < -0.3 is 4.57 Å². The highest BCUT2D eigenvalue weighted by Crippen LogP contribution is 2.28. The number of aryl methyl sites for hydroxylation is 1. The van der Waals surface area contributed by atoms with Crippen LogP contribution in [0.25, 0.3) is 11.0 Å². The Morgan fingerprint density at radius 1 is 1.15 bits per heavy atom. The Kier molecular flexibility index (Phi) is 6.94. The number of thiophene rings is 1. The molecule has 0 fully saturated rings. The normalized spacial score (nSPS) is 13.1. The van der Waals surface area contributed by atoms with Gasteiger partial charge in [-0.2, -0.15) is 0 Å². The van der Waals surface area contributed by atoms with Crippen LogP contribution in [0.15, 0.2) is 64.9 Å². The van der Waals surface area contributed by atoms with E-state index in [1.165, 1.54) is 30.5 Å². The lowest BCUT2D eigenvalue weighted by Crippen LogP contribution is -2.23. The maximum absolute atomic E-state index is 13.5. The number of aromatic nitrogens is 2. The molecule has 0 radical (unpaired) electrons. The van der Waals surface area contributed by atoms with Crippen LogP contribution in [0.2, 0.25) is 0 Å². The number of rotatable bonds is 9. The molecule has 4 rings (SSSR count). The number of benzene rings is 2. The molecule has 0 bridgehead atoms. The molecule has 2 aromatic carbocycles. The van der Waals surface area contributed by atoms with Crippen LogP contribution in [0.1, 0.15) is 35.7 Å². The van der Waals surface area contributed by atoms with E-state index < -0.39 is 10.0 Å². The fourth-order valence-electron chi connectivity index (χ4n) is 3.83. The summed E-state index contributed by atoms with van der Waals surface area (Å²) in [6, 6.07) is 15.6. The maximum atomic E-state index is 13.5. The van der Waals surface area contributed by atoms with E-state index in [0.717, 1.165) is 34.7 Å². The van der Waals surface area contributed by atoms with E-state index in [2.05, 4.69) is 22.9 Å². The minimum atomic E-state index is -3.54. The first-order valence-electron chi connectivity index (χ1n) is 10.7. The molecule has 0 saturated carbocycles. The summed E-state index contributed by atoms with van der Waals surface area (Å²) in [4.78, 5) is 6.14. The second-order valence-electron chi connectivity index (χ2n) is 8.00. The molecule has 0 aliphatic heterocycles. The molecule has 0 saturated heterocycles. The average molecular weight is 487 g/mol. The van der Waals surface area contributed by atoms with Crippen LogP contribution in [0.3, 0.4) is 0 Å². The van der Waals surface area contributed by atoms with Crippen molar-refractivity contribution in [1.82, 2.24) is 19.2 Å². The second kappa shape index (κ2) is 9.72. The molecule has 4 aromatic rings. The lowest BCUT2D eigenvalue weighted by molar-refractivity contribution is 0.521. The van der Waals surface area contributed by atoms with Crippen molar-refractivity contribution in [2.45, 2.75) is 37.4 Å². The van der Waals surface area contributed by atoms with Gasteiger partial charge >= 0.3 is 0 Å². The van der Waals surface area contributed by atoms with Crippen molar-refractivity contribution in [3.05, 3.63) is 82.1 Å². The van der Waals surface area contributed by atoms with Gasteiger partial charge in [-0.25, -0.2) is 22.1 Å². The number of sulfonamides is 1. The van der Waals surface area contributed by atoms with E-state index in [0.29, 0.717) is 12.1 Å². The molecular weight excluding hydrogens is 459 g/mol. The molecule has 174 valence electrons. The van der Waals surface area contributed by atoms with Gasteiger partial charge in [0.25, 0.3) is 0 Å². The third kappa shape index (κ3) is 4.86. The predicted molar refractivity (Wildman–Crippen MR) is 130 cm³/mol. The zero-order valence-corrected chi connectivity index (χ0v) is 20.5. The minimum absolute atomic E-state index is 0.106.